The number of hydrogen-bond acceptors (Lipinski definition) is 2. The lowest BCUT2D eigenvalue weighted by molar-refractivity contribution is 0.0350. The van der Waals surface area contributed by atoms with Crippen LogP contribution in [-0.2, 0) is 4.74 Å². The van der Waals surface area contributed by atoms with Gasteiger partial charge >= 0.3 is 0 Å². The molecule has 98 valence electrons. The van der Waals surface area contributed by atoms with Gasteiger partial charge in [0.25, 0.3) is 5.91 Å². The monoisotopic (exact) mass is 311 g/mol. The Kier molecular flexibility index (Phi) is 4.40. The quantitative estimate of drug-likeness (QED) is 0.840. The molecule has 3 nitrogen and oxygen atoms in total. The predicted octanol–water partition coefficient (Wildman–Crippen LogP) is 3.01. The van der Waals surface area contributed by atoms with Crippen LogP contribution >= 0.6 is 15.9 Å². The van der Waals surface area contributed by atoms with Gasteiger partial charge in [-0.15, -0.1) is 0 Å². The third-order valence-corrected chi connectivity index (χ3v) is 4.36. The normalized spacial score (nSPS) is 16.9. The van der Waals surface area contributed by atoms with E-state index in [4.69, 9.17) is 4.74 Å². The lowest BCUT2D eigenvalue weighted by atomic mass is 10.1. The number of halogens is 1. The molecule has 0 radical (unpaired) electrons. The van der Waals surface area contributed by atoms with Crippen LogP contribution in [-0.4, -0.2) is 37.1 Å². The first kappa shape index (κ1) is 13.6. The number of nitrogens with zero attached hydrogens (tertiary/aromatic N) is 1. The molecular formula is C14H18BrNO2. The fourth-order valence-electron chi connectivity index (χ4n) is 2.25. The van der Waals surface area contributed by atoms with Crippen molar-refractivity contribution in [1.82, 2.24) is 4.90 Å². The molecule has 0 aromatic heterocycles. The van der Waals surface area contributed by atoms with Gasteiger partial charge in [0.15, 0.2) is 0 Å². The van der Waals surface area contributed by atoms with E-state index >= 15 is 0 Å². The van der Waals surface area contributed by atoms with Crippen molar-refractivity contribution >= 4 is 21.8 Å². The Morgan fingerprint density at radius 3 is 2.61 bits per heavy atom. The number of carbonyl (C=O) groups is 1. The largest absolute Gasteiger partial charge is 0.381 e. The van der Waals surface area contributed by atoms with E-state index in [1.807, 2.05) is 30.0 Å². The van der Waals surface area contributed by atoms with Gasteiger partial charge in [0.05, 0.1) is 6.10 Å². The molecule has 0 spiro atoms. The molecule has 1 aliphatic rings. The number of rotatable bonds is 2. The molecule has 4 heteroatoms. The predicted molar refractivity (Wildman–Crippen MR) is 74.8 cm³/mol. The highest BCUT2D eigenvalue weighted by molar-refractivity contribution is 9.10. The second-order valence-corrected chi connectivity index (χ2v) is 5.55. The highest BCUT2D eigenvalue weighted by Crippen LogP contribution is 2.20. The molecule has 2 rings (SSSR count). The molecule has 1 aromatic rings. The van der Waals surface area contributed by atoms with E-state index in [1.54, 1.807) is 7.11 Å². The van der Waals surface area contributed by atoms with Crippen molar-refractivity contribution in [3.05, 3.63) is 33.8 Å². The summed E-state index contributed by atoms with van der Waals surface area (Å²) < 4.78 is 6.35. The van der Waals surface area contributed by atoms with Crippen LogP contribution in [0.3, 0.4) is 0 Å². The maximum atomic E-state index is 12.3. The molecule has 0 N–H and O–H groups in total. The molecule has 0 unspecified atom stereocenters. The van der Waals surface area contributed by atoms with E-state index in [0.717, 1.165) is 41.5 Å². The Bertz CT molecular complexity index is 439. The van der Waals surface area contributed by atoms with E-state index in [0.29, 0.717) is 6.10 Å². The van der Waals surface area contributed by atoms with Gasteiger partial charge in [-0.25, -0.2) is 0 Å². The lowest BCUT2D eigenvalue weighted by Gasteiger charge is -2.31. The minimum atomic E-state index is 0.125. The van der Waals surface area contributed by atoms with Crippen molar-refractivity contribution in [3.8, 4) is 0 Å². The first-order chi connectivity index (χ1) is 8.61. The third kappa shape index (κ3) is 2.93. The average molecular weight is 312 g/mol. The van der Waals surface area contributed by atoms with E-state index in [9.17, 15) is 4.79 Å². The number of likely N-dealkylation sites (tertiary alicyclic amines) is 1. The second kappa shape index (κ2) is 5.85. The Balaban J connectivity index is 2.05. The number of methoxy groups -OCH3 is 1. The number of carbonyl (C=O) groups excluding carboxylic acids is 1. The summed E-state index contributed by atoms with van der Waals surface area (Å²) in [6, 6.07) is 5.75. The topological polar surface area (TPSA) is 29.5 Å². The number of benzene rings is 1. The smallest absolute Gasteiger partial charge is 0.253 e. The van der Waals surface area contributed by atoms with Gasteiger partial charge in [-0.2, -0.15) is 0 Å². The van der Waals surface area contributed by atoms with Crippen LogP contribution in [0.2, 0.25) is 0 Å². The van der Waals surface area contributed by atoms with Crippen molar-refractivity contribution in [2.75, 3.05) is 20.2 Å². The number of ether oxygens (including phenoxy) is 1. The summed E-state index contributed by atoms with van der Waals surface area (Å²) in [5, 5.41) is 0. The van der Waals surface area contributed by atoms with Crippen LogP contribution < -0.4 is 0 Å². The summed E-state index contributed by atoms with van der Waals surface area (Å²) in [6.45, 7) is 3.57. The molecule has 1 aromatic carbocycles. The summed E-state index contributed by atoms with van der Waals surface area (Å²) >= 11 is 3.45. The Labute approximate surface area is 116 Å². The fraction of sp³-hybridized carbons (Fsp3) is 0.500. The van der Waals surface area contributed by atoms with Crippen LogP contribution in [0.25, 0.3) is 0 Å². The first-order valence-corrected chi connectivity index (χ1v) is 6.99. The molecule has 0 bridgehead atoms. The summed E-state index contributed by atoms with van der Waals surface area (Å²) in [7, 11) is 1.74. The molecule has 18 heavy (non-hydrogen) atoms. The fourth-order valence-corrected chi connectivity index (χ4v) is 2.50. The van der Waals surface area contributed by atoms with Crippen LogP contribution in [0.15, 0.2) is 22.7 Å². The van der Waals surface area contributed by atoms with Gasteiger partial charge < -0.3 is 9.64 Å². The van der Waals surface area contributed by atoms with Gasteiger partial charge in [-0.3, -0.25) is 4.79 Å². The molecular weight excluding hydrogens is 294 g/mol. The molecule has 1 amide bonds. The van der Waals surface area contributed by atoms with Gasteiger partial charge in [-0.05, 0) is 43.5 Å². The van der Waals surface area contributed by atoms with Crippen LogP contribution in [0, 0.1) is 6.92 Å². The first-order valence-electron chi connectivity index (χ1n) is 6.20. The average Bonchev–Trinajstić information content (AvgIpc) is 2.41. The van der Waals surface area contributed by atoms with Crippen LogP contribution in [0.5, 0.6) is 0 Å². The maximum Gasteiger partial charge on any atom is 0.253 e. The van der Waals surface area contributed by atoms with E-state index in [2.05, 4.69) is 15.9 Å². The zero-order valence-electron chi connectivity index (χ0n) is 10.8. The summed E-state index contributed by atoms with van der Waals surface area (Å²) in [5.74, 6) is 0.125. The van der Waals surface area contributed by atoms with Crippen molar-refractivity contribution in [2.45, 2.75) is 25.9 Å². The summed E-state index contributed by atoms with van der Waals surface area (Å²) in [4.78, 5) is 14.2. The standard InChI is InChI=1S/C14H18BrNO2/c1-10-9-11(3-4-13(10)15)14(17)16-7-5-12(18-2)6-8-16/h3-4,9,12H,5-8H2,1-2H3. The lowest BCUT2D eigenvalue weighted by Crippen LogP contribution is -2.40. The van der Waals surface area contributed by atoms with Crippen molar-refractivity contribution in [2.24, 2.45) is 0 Å². The molecule has 1 saturated heterocycles. The molecule has 1 aliphatic heterocycles. The van der Waals surface area contributed by atoms with Gasteiger partial charge in [0.1, 0.15) is 0 Å². The van der Waals surface area contributed by atoms with E-state index in [-0.39, 0.29) is 5.91 Å². The minimum Gasteiger partial charge on any atom is -0.381 e. The zero-order valence-corrected chi connectivity index (χ0v) is 12.4. The van der Waals surface area contributed by atoms with Gasteiger partial charge in [0.2, 0.25) is 0 Å². The van der Waals surface area contributed by atoms with Crippen LogP contribution in [0.1, 0.15) is 28.8 Å². The molecule has 0 atom stereocenters. The Hall–Kier alpha value is -0.870. The number of amides is 1. The Morgan fingerprint density at radius 1 is 1.39 bits per heavy atom. The molecule has 0 aliphatic carbocycles. The summed E-state index contributed by atoms with van der Waals surface area (Å²) in [6.07, 6.45) is 2.16. The van der Waals surface area contributed by atoms with Gasteiger partial charge in [-0.1, -0.05) is 15.9 Å². The number of aryl methyl sites for hydroxylation is 1. The molecule has 0 saturated carbocycles. The van der Waals surface area contributed by atoms with Crippen molar-refractivity contribution in [1.29, 1.82) is 0 Å². The number of hydrogen-bond donors (Lipinski definition) is 0. The molecule has 1 fully saturated rings. The van der Waals surface area contributed by atoms with E-state index in [1.165, 1.54) is 0 Å². The third-order valence-electron chi connectivity index (χ3n) is 3.47. The molecule has 1 heterocycles. The van der Waals surface area contributed by atoms with Crippen molar-refractivity contribution < 1.29 is 9.53 Å². The zero-order chi connectivity index (χ0) is 13.1. The Morgan fingerprint density at radius 2 is 2.06 bits per heavy atom. The minimum absolute atomic E-state index is 0.125. The van der Waals surface area contributed by atoms with Crippen LogP contribution in [0.4, 0.5) is 0 Å². The van der Waals surface area contributed by atoms with E-state index < -0.39 is 0 Å². The summed E-state index contributed by atoms with van der Waals surface area (Å²) in [5.41, 5.74) is 1.86. The van der Waals surface area contributed by atoms with Crippen molar-refractivity contribution in [3.63, 3.8) is 0 Å². The highest BCUT2D eigenvalue weighted by Gasteiger charge is 2.23. The highest BCUT2D eigenvalue weighted by atomic mass is 79.9. The number of piperidine rings is 1. The second-order valence-electron chi connectivity index (χ2n) is 4.69. The van der Waals surface area contributed by atoms with Gasteiger partial charge in [0, 0.05) is 30.2 Å². The SMILES string of the molecule is COC1CCN(C(=O)c2ccc(Br)c(C)c2)CC1. The maximum absolute atomic E-state index is 12.3.